The molecule has 1 spiro atoms. The molecule has 5 heteroatoms. The minimum Gasteiger partial charge on any atom is -0.449 e. The zero-order valence-corrected chi connectivity index (χ0v) is 18.0. The van der Waals surface area contributed by atoms with Crippen LogP contribution in [0.25, 0.3) is 16.7 Å². The van der Waals surface area contributed by atoms with E-state index in [1.807, 2.05) is 50.2 Å². The third-order valence-corrected chi connectivity index (χ3v) is 6.73. The number of carbonyl (C=O) groups excluding carboxylic acids is 1. The number of carboxylic acid groups (broad SMARTS) is 1. The molecular formula is C25H25ClO4. The Balaban J connectivity index is 1.91. The van der Waals surface area contributed by atoms with Crippen LogP contribution in [0.1, 0.15) is 55.2 Å². The van der Waals surface area contributed by atoms with Crippen LogP contribution in [-0.4, -0.2) is 17.0 Å². The summed E-state index contributed by atoms with van der Waals surface area (Å²) < 4.78 is 5.35. The Morgan fingerprint density at radius 2 is 1.63 bits per heavy atom. The van der Waals surface area contributed by atoms with Crippen LogP contribution in [0.5, 0.6) is 0 Å². The number of ether oxygens (including phenoxy) is 1. The van der Waals surface area contributed by atoms with E-state index in [1.54, 1.807) is 0 Å². The van der Waals surface area contributed by atoms with Crippen molar-refractivity contribution in [2.45, 2.75) is 52.4 Å². The molecule has 4 nitrogen and oxygen atoms in total. The monoisotopic (exact) mass is 424 g/mol. The van der Waals surface area contributed by atoms with Crippen LogP contribution >= 0.6 is 11.6 Å². The number of benzene rings is 2. The lowest BCUT2D eigenvalue weighted by Gasteiger charge is -2.34. The van der Waals surface area contributed by atoms with Crippen LogP contribution in [0.4, 0.5) is 4.79 Å². The zero-order valence-electron chi connectivity index (χ0n) is 17.3. The fraction of sp³-hybridized carbons (Fsp3) is 0.360. The molecular weight excluding hydrogens is 400 g/mol. The highest BCUT2D eigenvalue weighted by Crippen LogP contribution is 2.54. The molecule has 2 aromatic rings. The van der Waals surface area contributed by atoms with Gasteiger partial charge in [-0.25, -0.2) is 4.79 Å². The number of hydrogen-bond acceptors (Lipinski definition) is 3. The molecule has 2 aliphatic carbocycles. The van der Waals surface area contributed by atoms with Crippen molar-refractivity contribution in [2.75, 3.05) is 0 Å². The fourth-order valence-corrected chi connectivity index (χ4v) is 5.21. The van der Waals surface area contributed by atoms with Gasteiger partial charge in [-0.05, 0) is 72.7 Å². The molecule has 0 heterocycles. The maximum atomic E-state index is 13.2. The molecule has 0 atom stereocenters. The molecule has 1 fully saturated rings. The predicted molar refractivity (Wildman–Crippen MR) is 118 cm³/mol. The van der Waals surface area contributed by atoms with E-state index < -0.39 is 11.6 Å². The standard InChI is InChI=1S/C25H25ClO4/c1-15-12-16(2)20(13-19(15)17-6-8-18(26)9-7-17)22-21(27)14-25(10-4-3-5-11-25)23(22)30-24(28)29/h6-9,12-13H,3-5,10-11,14H2,1-2H3,(H,28,29). The molecule has 0 bridgehead atoms. The molecule has 30 heavy (non-hydrogen) atoms. The third-order valence-electron chi connectivity index (χ3n) is 6.48. The molecule has 2 aromatic carbocycles. The maximum absolute atomic E-state index is 13.2. The summed E-state index contributed by atoms with van der Waals surface area (Å²) in [5, 5.41) is 10.1. The summed E-state index contributed by atoms with van der Waals surface area (Å²) in [5.41, 5.74) is 4.72. The van der Waals surface area contributed by atoms with Gasteiger partial charge in [-0.3, -0.25) is 4.79 Å². The maximum Gasteiger partial charge on any atom is 0.511 e. The molecule has 2 aliphatic rings. The highest BCUT2D eigenvalue weighted by molar-refractivity contribution is 6.30. The molecule has 0 aliphatic heterocycles. The number of allylic oxidation sites excluding steroid dienone is 2. The summed E-state index contributed by atoms with van der Waals surface area (Å²) in [4.78, 5) is 24.8. The normalized spacial score (nSPS) is 18.2. The van der Waals surface area contributed by atoms with Gasteiger partial charge in [0.1, 0.15) is 5.76 Å². The second-order valence-corrected chi connectivity index (χ2v) is 8.94. The van der Waals surface area contributed by atoms with Crippen molar-refractivity contribution in [1.82, 2.24) is 0 Å². The van der Waals surface area contributed by atoms with Gasteiger partial charge in [0, 0.05) is 16.9 Å². The summed E-state index contributed by atoms with van der Waals surface area (Å²) in [6.45, 7) is 3.99. The summed E-state index contributed by atoms with van der Waals surface area (Å²) in [7, 11) is 0. The molecule has 1 saturated carbocycles. The number of halogens is 1. The SMILES string of the molecule is Cc1cc(C)c(-c2ccc(Cl)cc2)cc1C1=C(OC(=O)O)C2(CCCCC2)CC1=O. The van der Waals surface area contributed by atoms with E-state index in [0.717, 1.165) is 59.9 Å². The summed E-state index contributed by atoms with van der Waals surface area (Å²) in [6.07, 6.45) is 3.63. The molecule has 156 valence electrons. The van der Waals surface area contributed by atoms with E-state index in [0.29, 0.717) is 22.8 Å². The highest BCUT2D eigenvalue weighted by Gasteiger charge is 2.49. The number of Topliss-reactive ketones (excluding diaryl/α,β-unsaturated/α-hetero) is 1. The summed E-state index contributed by atoms with van der Waals surface area (Å²) in [6, 6.07) is 11.6. The smallest absolute Gasteiger partial charge is 0.449 e. The summed E-state index contributed by atoms with van der Waals surface area (Å²) >= 11 is 6.04. The van der Waals surface area contributed by atoms with Crippen LogP contribution < -0.4 is 0 Å². The van der Waals surface area contributed by atoms with E-state index >= 15 is 0 Å². The minimum atomic E-state index is -1.36. The third kappa shape index (κ3) is 3.65. The largest absolute Gasteiger partial charge is 0.511 e. The lowest BCUT2D eigenvalue weighted by Crippen LogP contribution is -2.26. The topological polar surface area (TPSA) is 63.6 Å². The number of hydrogen-bond donors (Lipinski definition) is 1. The Labute approximate surface area is 181 Å². The first kappa shape index (κ1) is 20.7. The predicted octanol–water partition coefficient (Wildman–Crippen LogP) is 6.95. The van der Waals surface area contributed by atoms with Crippen molar-refractivity contribution < 1.29 is 19.4 Å². The average molecular weight is 425 g/mol. The Bertz CT molecular complexity index is 1040. The van der Waals surface area contributed by atoms with Gasteiger partial charge in [0.05, 0.1) is 5.57 Å². The Hall–Kier alpha value is -2.59. The Kier molecular flexibility index (Phi) is 5.46. The van der Waals surface area contributed by atoms with Gasteiger partial charge in [0.2, 0.25) is 0 Å². The van der Waals surface area contributed by atoms with Crippen LogP contribution in [-0.2, 0) is 9.53 Å². The van der Waals surface area contributed by atoms with Gasteiger partial charge in [0.15, 0.2) is 5.78 Å². The molecule has 0 unspecified atom stereocenters. The fourth-order valence-electron chi connectivity index (χ4n) is 5.08. The van der Waals surface area contributed by atoms with Gasteiger partial charge in [-0.2, -0.15) is 0 Å². The van der Waals surface area contributed by atoms with Crippen molar-refractivity contribution in [3.05, 3.63) is 63.9 Å². The zero-order chi connectivity index (χ0) is 21.5. The highest BCUT2D eigenvalue weighted by atomic mass is 35.5. The van der Waals surface area contributed by atoms with E-state index in [9.17, 15) is 14.7 Å². The quantitative estimate of drug-likeness (QED) is 0.541. The minimum absolute atomic E-state index is 0.0258. The second kappa shape index (κ2) is 7.92. The second-order valence-electron chi connectivity index (χ2n) is 8.50. The van der Waals surface area contributed by atoms with Crippen LogP contribution in [0.15, 0.2) is 42.2 Å². The van der Waals surface area contributed by atoms with Gasteiger partial charge in [-0.1, -0.05) is 49.1 Å². The van der Waals surface area contributed by atoms with E-state index in [4.69, 9.17) is 16.3 Å². The Morgan fingerprint density at radius 3 is 2.27 bits per heavy atom. The van der Waals surface area contributed by atoms with Gasteiger partial charge in [0.25, 0.3) is 0 Å². The Morgan fingerprint density at radius 1 is 1.00 bits per heavy atom. The first-order valence-electron chi connectivity index (χ1n) is 10.4. The van der Waals surface area contributed by atoms with Crippen LogP contribution in [0.3, 0.4) is 0 Å². The van der Waals surface area contributed by atoms with Crippen molar-refractivity contribution >= 4 is 29.1 Å². The van der Waals surface area contributed by atoms with Crippen LogP contribution in [0.2, 0.25) is 5.02 Å². The van der Waals surface area contributed by atoms with E-state index in [2.05, 4.69) is 0 Å². The number of ketones is 1. The number of carbonyl (C=O) groups is 2. The van der Waals surface area contributed by atoms with Crippen LogP contribution in [0, 0.1) is 19.3 Å². The van der Waals surface area contributed by atoms with Crippen molar-refractivity contribution in [3.8, 4) is 11.1 Å². The number of rotatable bonds is 3. The van der Waals surface area contributed by atoms with Gasteiger partial charge in [-0.15, -0.1) is 0 Å². The lowest BCUT2D eigenvalue weighted by molar-refractivity contribution is -0.114. The summed E-state index contributed by atoms with van der Waals surface area (Å²) in [5.74, 6) is 0.330. The van der Waals surface area contributed by atoms with E-state index in [1.165, 1.54) is 0 Å². The van der Waals surface area contributed by atoms with Gasteiger partial charge < -0.3 is 9.84 Å². The van der Waals surface area contributed by atoms with Crippen molar-refractivity contribution in [1.29, 1.82) is 0 Å². The molecule has 4 rings (SSSR count). The first-order chi connectivity index (χ1) is 14.3. The van der Waals surface area contributed by atoms with E-state index in [-0.39, 0.29) is 5.78 Å². The lowest BCUT2D eigenvalue weighted by atomic mass is 9.72. The molecule has 1 N–H and O–H groups in total. The molecule has 0 amide bonds. The molecule has 0 aromatic heterocycles. The average Bonchev–Trinajstić information content (AvgIpc) is 2.94. The molecule has 0 saturated heterocycles. The molecule has 0 radical (unpaired) electrons. The van der Waals surface area contributed by atoms with Gasteiger partial charge >= 0.3 is 6.16 Å². The van der Waals surface area contributed by atoms with Crippen molar-refractivity contribution in [2.24, 2.45) is 5.41 Å². The first-order valence-corrected chi connectivity index (χ1v) is 10.7. The van der Waals surface area contributed by atoms with Crippen molar-refractivity contribution in [3.63, 3.8) is 0 Å². The number of aryl methyl sites for hydroxylation is 2.